The zero-order chi connectivity index (χ0) is 21.0. The maximum Gasteiger partial charge on any atom is 0.318 e. The van der Waals surface area contributed by atoms with Crippen LogP contribution >= 0.6 is 11.3 Å². The Morgan fingerprint density at radius 2 is 1.79 bits per heavy atom. The lowest BCUT2D eigenvalue weighted by Gasteiger charge is -2.06. The minimum absolute atomic E-state index is 0.0518. The molecule has 0 bridgehead atoms. The first-order valence-corrected chi connectivity index (χ1v) is 10.1. The fraction of sp³-hybridized carbons (Fsp3) is 0.286. The van der Waals surface area contributed by atoms with Gasteiger partial charge in [-0.15, -0.1) is 0 Å². The fourth-order valence-electron chi connectivity index (χ4n) is 2.89. The van der Waals surface area contributed by atoms with Crippen LogP contribution in [-0.4, -0.2) is 27.6 Å². The Labute approximate surface area is 172 Å². The van der Waals surface area contributed by atoms with Gasteiger partial charge in [-0.1, -0.05) is 37.3 Å². The molecule has 0 saturated carbocycles. The predicted octanol–water partition coefficient (Wildman–Crippen LogP) is 4.23. The van der Waals surface area contributed by atoms with E-state index in [1.165, 1.54) is 11.3 Å². The molecule has 0 aliphatic carbocycles. The number of carbonyl (C=O) groups is 3. The number of rotatable bonds is 8. The molecule has 3 N–H and O–H groups in total. The van der Waals surface area contributed by atoms with Crippen LogP contribution in [0.3, 0.4) is 0 Å². The second-order valence-corrected chi connectivity index (χ2v) is 8.19. The first-order chi connectivity index (χ1) is 13.8. The number of pyridine rings is 1. The summed E-state index contributed by atoms with van der Waals surface area (Å²) in [7, 11) is 0. The normalized spacial score (nSPS) is 11.0. The number of hydrogen-bond acceptors (Lipinski definition) is 6. The summed E-state index contributed by atoms with van der Waals surface area (Å²) in [6, 6.07) is 10.1. The van der Waals surface area contributed by atoms with Crippen LogP contribution in [0.5, 0.6) is 0 Å². The molecule has 2 heterocycles. The van der Waals surface area contributed by atoms with Crippen molar-refractivity contribution >= 4 is 44.3 Å². The van der Waals surface area contributed by atoms with Gasteiger partial charge in [-0.3, -0.25) is 14.9 Å². The number of fused-ring (bicyclic) bond motifs is 1. The standard InChI is InChI=1S/C21H22N4O3S/c1-12(2)10-18(27)15-5-3-4-14(23-15)17(26)8-6-13-7-9-19-16(11-13)24-21(29-19)25-20(22)28/h3-5,7,9,11-12H,6,8,10H2,1-2H3,(H3,22,24,25,28). The number of benzene rings is 1. The second-order valence-electron chi connectivity index (χ2n) is 7.16. The SMILES string of the molecule is CC(C)CC(=O)c1cccc(C(=O)CCc2ccc3sc(NC(N)=O)nc3c2)n1. The summed E-state index contributed by atoms with van der Waals surface area (Å²) in [5.41, 5.74) is 7.45. The highest BCUT2D eigenvalue weighted by Crippen LogP contribution is 2.27. The Balaban J connectivity index is 1.67. The first kappa shape index (κ1) is 20.6. The number of aromatic nitrogens is 2. The summed E-state index contributed by atoms with van der Waals surface area (Å²) in [5, 5.41) is 2.91. The highest BCUT2D eigenvalue weighted by Gasteiger charge is 2.14. The highest BCUT2D eigenvalue weighted by atomic mass is 32.1. The minimum Gasteiger partial charge on any atom is -0.351 e. The Morgan fingerprint density at radius 1 is 1.07 bits per heavy atom. The number of urea groups is 1. The van der Waals surface area contributed by atoms with E-state index in [2.05, 4.69) is 15.3 Å². The van der Waals surface area contributed by atoms with Gasteiger partial charge in [0, 0.05) is 12.8 Å². The van der Waals surface area contributed by atoms with Crippen LogP contribution < -0.4 is 11.1 Å². The van der Waals surface area contributed by atoms with E-state index in [0.717, 1.165) is 15.8 Å². The number of nitrogens with one attached hydrogen (secondary N) is 1. The van der Waals surface area contributed by atoms with Gasteiger partial charge in [0.2, 0.25) is 0 Å². The average Bonchev–Trinajstić information content (AvgIpc) is 3.06. The number of anilines is 1. The van der Waals surface area contributed by atoms with Gasteiger partial charge in [0.15, 0.2) is 16.7 Å². The van der Waals surface area contributed by atoms with Crippen LogP contribution in [0.1, 0.15) is 53.2 Å². The van der Waals surface area contributed by atoms with E-state index in [1.54, 1.807) is 18.2 Å². The van der Waals surface area contributed by atoms with Crippen molar-refractivity contribution in [2.24, 2.45) is 11.7 Å². The van der Waals surface area contributed by atoms with E-state index in [4.69, 9.17) is 5.73 Å². The van der Waals surface area contributed by atoms with Crippen molar-refractivity contribution in [2.45, 2.75) is 33.1 Å². The van der Waals surface area contributed by atoms with Gasteiger partial charge in [-0.25, -0.2) is 14.8 Å². The van der Waals surface area contributed by atoms with E-state index in [-0.39, 0.29) is 23.9 Å². The Bertz CT molecular complexity index is 1070. The van der Waals surface area contributed by atoms with Crippen LogP contribution in [0, 0.1) is 5.92 Å². The van der Waals surface area contributed by atoms with Gasteiger partial charge in [-0.2, -0.15) is 0 Å². The largest absolute Gasteiger partial charge is 0.351 e. The number of amides is 2. The van der Waals surface area contributed by atoms with Gasteiger partial charge in [0.1, 0.15) is 11.4 Å². The molecule has 7 nitrogen and oxygen atoms in total. The number of thiazole rings is 1. The molecular formula is C21H22N4O3S. The lowest BCUT2D eigenvalue weighted by molar-refractivity contribution is 0.0962. The lowest BCUT2D eigenvalue weighted by atomic mass is 10.0. The summed E-state index contributed by atoms with van der Waals surface area (Å²) in [4.78, 5) is 44.3. The molecule has 0 unspecified atom stereocenters. The zero-order valence-corrected chi connectivity index (χ0v) is 17.1. The summed E-state index contributed by atoms with van der Waals surface area (Å²) in [6.45, 7) is 3.94. The highest BCUT2D eigenvalue weighted by molar-refractivity contribution is 7.22. The Kier molecular flexibility index (Phi) is 6.33. The summed E-state index contributed by atoms with van der Waals surface area (Å²) >= 11 is 1.33. The minimum atomic E-state index is -0.656. The molecule has 0 fully saturated rings. The van der Waals surface area contributed by atoms with Gasteiger partial charge in [0.05, 0.1) is 10.2 Å². The molecule has 29 heavy (non-hydrogen) atoms. The van der Waals surface area contributed by atoms with Crippen molar-refractivity contribution in [3.63, 3.8) is 0 Å². The summed E-state index contributed by atoms with van der Waals surface area (Å²) in [5.74, 6) is 0.0747. The number of aryl methyl sites for hydroxylation is 1. The van der Waals surface area contributed by atoms with Crippen LogP contribution in [0.4, 0.5) is 9.93 Å². The molecule has 0 radical (unpaired) electrons. The lowest BCUT2D eigenvalue weighted by Crippen LogP contribution is -2.18. The smallest absolute Gasteiger partial charge is 0.318 e. The maximum absolute atomic E-state index is 12.6. The number of nitrogens with two attached hydrogens (primary N) is 1. The van der Waals surface area contributed by atoms with E-state index >= 15 is 0 Å². The molecule has 0 saturated heterocycles. The van der Waals surface area contributed by atoms with Crippen LogP contribution in [0.2, 0.25) is 0 Å². The third-order valence-corrected chi connectivity index (χ3v) is 5.19. The molecule has 2 amide bonds. The molecular weight excluding hydrogens is 388 g/mol. The molecule has 0 aliphatic heterocycles. The number of Topliss-reactive ketones (excluding diaryl/α,β-unsaturated/α-hetero) is 2. The monoisotopic (exact) mass is 410 g/mol. The predicted molar refractivity (Wildman–Crippen MR) is 114 cm³/mol. The second kappa shape index (κ2) is 8.91. The van der Waals surface area contributed by atoms with Crippen molar-refractivity contribution in [3.8, 4) is 0 Å². The molecule has 2 aromatic heterocycles. The Morgan fingerprint density at radius 3 is 2.48 bits per heavy atom. The third kappa shape index (κ3) is 5.45. The Hall–Kier alpha value is -3.13. The van der Waals surface area contributed by atoms with Gasteiger partial charge in [0.25, 0.3) is 0 Å². The van der Waals surface area contributed by atoms with E-state index in [1.807, 2.05) is 32.0 Å². The molecule has 1 aromatic carbocycles. The van der Waals surface area contributed by atoms with Crippen molar-refractivity contribution in [2.75, 3.05) is 5.32 Å². The molecule has 0 atom stereocenters. The van der Waals surface area contributed by atoms with Gasteiger partial charge >= 0.3 is 6.03 Å². The fourth-order valence-corrected chi connectivity index (χ4v) is 3.74. The number of hydrogen-bond donors (Lipinski definition) is 2. The molecule has 0 spiro atoms. The van der Waals surface area contributed by atoms with Crippen molar-refractivity contribution < 1.29 is 14.4 Å². The average molecular weight is 410 g/mol. The number of ketones is 2. The number of primary amides is 1. The molecule has 3 aromatic rings. The molecule has 3 rings (SSSR count). The first-order valence-electron chi connectivity index (χ1n) is 9.31. The third-order valence-electron chi connectivity index (χ3n) is 4.24. The molecule has 150 valence electrons. The van der Waals surface area contributed by atoms with Crippen LogP contribution in [0.25, 0.3) is 10.2 Å². The summed E-state index contributed by atoms with van der Waals surface area (Å²) in [6.07, 6.45) is 1.21. The quantitative estimate of drug-likeness (QED) is 0.539. The van der Waals surface area contributed by atoms with Crippen molar-refractivity contribution in [1.29, 1.82) is 0 Å². The molecule has 0 aliphatic rings. The van der Waals surface area contributed by atoms with E-state index in [0.29, 0.717) is 29.4 Å². The van der Waals surface area contributed by atoms with Crippen molar-refractivity contribution in [3.05, 3.63) is 53.3 Å². The van der Waals surface area contributed by atoms with E-state index < -0.39 is 6.03 Å². The van der Waals surface area contributed by atoms with Crippen LogP contribution in [0.15, 0.2) is 36.4 Å². The number of carbonyl (C=O) groups excluding carboxylic acids is 3. The van der Waals surface area contributed by atoms with Crippen molar-refractivity contribution in [1.82, 2.24) is 9.97 Å². The number of nitrogens with zero attached hydrogens (tertiary/aromatic N) is 2. The summed E-state index contributed by atoms with van der Waals surface area (Å²) < 4.78 is 0.918. The van der Waals surface area contributed by atoms with Gasteiger partial charge in [-0.05, 0) is 42.2 Å². The van der Waals surface area contributed by atoms with E-state index in [9.17, 15) is 14.4 Å². The topological polar surface area (TPSA) is 115 Å². The maximum atomic E-state index is 12.6. The van der Waals surface area contributed by atoms with Gasteiger partial charge < -0.3 is 5.73 Å². The zero-order valence-electron chi connectivity index (χ0n) is 16.3. The van der Waals surface area contributed by atoms with Crippen LogP contribution in [-0.2, 0) is 6.42 Å². The molecule has 8 heteroatoms.